The molecule has 0 unspecified atom stereocenters. The van der Waals surface area contributed by atoms with Gasteiger partial charge in [-0.3, -0.25) is 4.79 Å². The molecule has 2 rings (SSSR count). The number of benzene rings is 2. The zero-order valence-corrected chi connectivity index (χ0v) is 17.2. The highest BCUT2D eigenvalue weighted by Gasteiger charge is 2.13. The van der Waals surface area contributed by atoms with Crippen molar-refractivity contribution in [3.8, 4) is 23.0 Å². The van der Waals surface area contributed by atoms with Gasteiger partial charge in [-0.1, -0.05) is 17.7 Å². The number of carbonyl (C=O) groups is 1. The molecule has 0 saturated carbocycles. The Kier molecular flexibility index (Phi) is 7.32. The number of aryl methyl sites for hydroxylation is 1. The number of methoxy groups -OCH3 is 4. The Morgan fingerprint density at radius 1 is 0.893 bits per heavy atom. The van der Waals surface area contributed by atoms with Crippen LogP contribution in [0.2, 0.25) is 0 Å². The van der Waals surface area contributed by atoms with E-state index in [9.17, 15) is 4.79 Å². The molecule has 0 aliphatic heterocycles. The number of amides is 1. The molecule has 0 saturated heterocycles. The summed E-state index contributed by atoms with van der Waals surface area (Å²) in [6.07, 6.45) is 3.21. The summed E-state index contributed by atoms with van der Waals surface area (Å²) < 4.78 is 21.4. The van der Waals surface area contributed by atoms with Gasteiger partial charge in [0.25, 0.3) is 0 Å². The lowest BCUT2D eigenvalue weighted by atomic mass is 10.1. The Morgan fingerprint density at radius 3 is 2.11 bits per heavy atom. The molecule has 150 valence electrons. The maximum atomic E-state index is 12.6. The van der Waals surface area contributed by atoms with Gasteiger partial charge in [-0.05, 0) is 25.1 Å². The van der Waals surface area contributed by atoms with E-state index in [2.05, 4.69) is 0 Å². The lowest BCUT2D eigenvalue weighted by Crippen LogP contribution is -2.24. The smallest absolute Gasteiger partial charge is 0.246 e. The molecule has 1 amide bonds. The van der Waals surface area contributed by atoms with Crippen molar-refractivity contribution in [2.75, 3.05) is 35.5 Å². The van der Waals surface area contributed by atoms with Gasteiger partial charge in [-0.2, -0.15) is 0 Å². The molecule has 2 aromatic rings. The fourth-order valence-electron chi connectivity index (χ4n) is 2.84. The molecule has 0 heterocycles. The van der Waals surface area contributed by atoms with Gasteiger partial charge in [-0.25, -0.2) is 0 Å². The number of hydrogen-bond acceptors (Lipinski definition) is 5. The van der Waals surface area contributed by atoms with Crippen LogP contribution in [0.3, 0.4) is 0 Å². The quantitative estimate of drug-likeness (QED) is 0.649. The average Bonchev–Trinajstić information content (AvgIpc) is 2.71. The Morgan fingerprint density at radius 2 is 1.50 bits per heavy atom. The zero-order chi connectivity index (χ0) is 20.7. The molecule has 0 aliphatic rings. The SMILES string of the molecule is COc1cc(OC)c(OC)cc1/C=C/C(=O)N(C)Cc1cc(C)ccc1OC. The molecule has 0 fully saturated rings. The number of nitrogens with zero attached hydrogens (tertiary/aromatic N) is 1. The van der Waals surface area contributed by atoms with E-state index in [1.165, 1.54) is 6.08 Å². The van der Waals surface area contributed by atoms with Crippen molar-refractivity contribution >= 4 is 12.0 Å². The molecule has 0 atom stereocenters. The van der Waals surface area contributed by atoms with Crippen LogP contribution in [-0.4, -0.2) is 46.3 Å². The van der Waals surface area contributed by atoms with Gasteiger partial charge in [0.1, 0.15) is 11.5 Å². The minimum Gasteiger partial charge on any atom is -0.496 e. The van der Waals surface area contributed by atoms with Gasteiger partial charge < -0.3 is 23.8 Å². The maximum Gasteiger partial charge on any atom is 0.246 e. The molecule has 0 aliphatic carbocycles. The van der Waals surface area contributed by atoms with Crippen molar-refractivity contribution < 1.29 is 23.7 Å². The van der Waals surface area contributed by atoms with Gasteiger partial charge in [0.05, 0.1) is 28.4 Å². The van der Waals surface area contributed by atoms with Gasteiger partial charge in [0, 0.05) is 36.9 Å². The Hall–Kier alpha value is -3.15. The first-order valence-corrected chi connectivity index (χ1v) is 8.80. The number of ether oxygens (including phenoxy) is 4. The fraction of sp³-hybridized carbons (Fsp3) is 0.318. The third kappa shape index (κ3) is 4.97. The normalized spacial score (nSPS) is 10.6. The first kappa shape index (κ1) is 21.2. The maximum absolute atomic E-state index is 12.6. The van der Waals surface area contributed by atoms with E-state index in [0.29, 0.717) is 23.8 Å². The highest BCUT2D eigenvalue weighted by Crippen LogP contribution is 2.35. The number of likely N-dealkylation sites (N-methyl/N-ethyl adjacent to an activating group) is 1. The van der Waals surface area contributed by atoms with Crippen LogP contribution in [0.15, 0.2) is 36.4 Å². The van der Waals surface area contributed by atoms with Gasteiger partial charge >= 0.3 is 0 Å². The lowest BCUT2D eigenvalue weighted by Gasteiger charge is -2.18. The molecule has 6 nitrogen and oxygen atoms in total. The van der Waals surface area contributed by atoms with Gasteiger partial charge in [0.2, 0.25) is 5.91 Å². The molecular formula is C22H27NO5. The summed E-state index contributed by atoms with van der Waals surface area (Å²) in [6, 6.07) is 9.40. The van der Waals surface area contributed by atoms with E-state index >= 15 is 0 Å². The third-order valence-corrected chi connectivity index (χ3v) is 4.36. The minimum atomic E-state index is -0.139. The van der Waals surface area contributed by atoms with Crippen LogP contribution in [0, 0.1) is 6.92 Å². The highest BCUT2D eigenvalue weighted by molar-refractivity contribution is 5.92. The topological polar surface area (TPSA) is 57.2 Å². The summed E-state index contributed by atoms with van der Waals surface area (Å²) >= 11 is 0. The van der Waals surface area contributed by atoms with E-state index in [1.54, 1.807) is 58.6 Å². The van der Waals surface area contributed by atoms with E-state index in [0.717, 1.165) is 22.4 Å². The first-order valence-electron chi connectivity index (χ1n) is 8.80. The van der Waals surface area contributed by atoms with Crippen LogP contribution in [-0.2, 0) is 11.3 Å². The summed E-state index contributed by atoms with van der Waals surface area (Å²) in [4.78, 5) is 14.2. The largest absolute Gasteiger partial charge is 0.496 e. The Labute approximate surface area is 166 Å². The predicted molar refractivity (Wildman–Crippen MR) is 109 cm³/mol. The average molecular weight is 385 g/mol. The zero-order valence-electron chi connectivity index (χ0n) is 17.2. The Bertz CT molecular complexity index is 860. The second-order valence-electron chi connectivity index (χ2n) is 6.29. The van der Waals surface area contributed by atoms with Crippen LogP contribution in [0.25, 0.3) is 6.08 Å². The monoisotopic (exact) mass is 385 g/mol. The third-order valence-electron chi connectivity index (χ3n) is 4.36. The lowest BCUT2D eigenvalue weighted by molar-refractivity contribution is -0.125. The highest BCUT2D eigenvalue weighted by atomic mass is 16.5. The summed E-state index contributed by atoms with van der Waals surface area (Å²) in [5.74, 6) is 2.33. The van der Waals surface area contributed by atoms with Crippen LogP contribution in [0.1, 0.15) is 16.7 Å². The van der Waals surface area contributed by atoms with Gasteiger partial charge in [-0.15, -0.1) is 0 Å². The summed E-state index contributed by atoms with van der Waals surface area (Å²) in [5.41, 5.74) is 2.78. The summed E-state index contributed by atoms with van der Waals surface area (Å²) in [7, 11) is 8.06. The minimum absolute atomic E-state index is 0.139. The van der Waals surface area contributed by atoms with Crippen molar-refractivity contribution in [1.29, 1.82) is 0 Å². The van der Waals surface area contributed by atoms with Crippen molar-refractivity contribution in [2.45, 2.75) is 13.5 Å². The van der Waals surface area contributed by atoms with Crippen LogP contribution in [0.5, 0.6) is 23.0 Å². The molecular weight excluding hydrogens is 358 g/mol. The molecule has 0 radical (unpaired) electrons. The van der Waals surface area contributed by atoms with Crippen molar-refractivity contribution in [2.24, 2.45) is 0 Å². The van der Waals surface area contributed by atoms with Crippen molar-refractivity contribution in [3.05, 3.63) is 53.1 Å². The number of rotatable bonds is 8. The molecule has 0 bridgehead atoms. The van der Waals surface area contributed by atoms with Crippen LogP contribution in [0.4, 0.5) is 0 Å². The summed E-state index contributed by atoms with van der Waals surface area (Å²) in [6.45, 7) is 2.45. The molecule has 0 N–H and O–H groups in total. The molecule has 28 heavy (non-hydrogen) atoms. The number of carbonyl (C=O) groups excluding carboxylic acids is 1. The van der Waals surface area contributed by atoms with Crippen molar-refractivity contribution in [3.63, 3.8) is 0 Å². The molecule has 6 heteroatoms. The predicted octanol–water partition coefficient (Wildman–Crippen LogP) is 3.70. The first-order chi connectivity index (χ1) is 13.4. The molecule has 0 aromatic heterocycles. The second-order valence-corrected chi connectivity index (χ2v) is 6.29. The molecule has 0 spiro atoms. The molecule has 2 aromatic carbocycles. The standard InChI is InChI=1S/C22H27NO5/c1-15-7-9-18(25-3)17(11-15)14-23(2)22(24)10-8-16-12-20(27-5)21(28-6)13-19(16)26-4/h7-13H,14H2,1-6H3/b10-8+. The van der Waals surface area contributed by atoms with E-state index in [-0.39, 0.29) is 5.91 Å². The Balaban J connectivity index is 2.20. The van der Waals surface area contributed by atoms with Gasteiger partial charge in [0.15, 0.2) is 11.5 Å². The second kappa shape index (κ2) is 9.69. The number of hydrogen-bond donors (Lipinski definition) is 0. The van der Waals surface area contributed by atoms with Crippen LogP contribution < -0.4 is 18.9 Å². The van der Waals surface area contributed by atoms with E-state index in [4.69, 9.17) is 18.9 Å². The van der Waals surface area contributed by atoms with E-state index in [1.807, 2.05) is 25.1 Å². The van der Waals surface area contributed by atoms with E-state index < -0.39 is 0 Å². The van der Waals surface area contributed by atoms with Crippen molar-refractivity contribution in [1.82, 2.24) is 4.90 Å². The van der Waals surface area contributed by atoms with Crippen LogP contribution >= 0.6 is 0 Å². The fourth-order valence-corrected chi connectivity index (χ4v) is 2.84. The summed E-state index contributed by atoms with van der Waals surface area (Å²) in [5, 5.41) is 0.